The van der Waals surface area contributed by atoms with Crippen LogP contribution in [0.3, 0.4) is 0 Å². The zero-order valence-electron chi connectivity index (χ0n) is 15.5. The van der Waals surface area contributed by atoms with Crippen LogP contribution in [-0.4, -0.2) is 30.6 Å². The maximum absolute atomic E-state index is 12.6. The number of esters is 1. The Labute approximate surface area is 150 Å². The summed E-state index contributed by atoms with van der Waals surface area (Å²) in [4.78, 5) is 24.9. The fourth-order valence-electron chi connectivity index (χ4n) is 3.18. The summed E-state index contributed by atoms with van der Waals surface area (Å²) in [5, 5.41) is 6.23. The van der Waals surface area contributed by atoms with Gasteiger partial charge >= 0.3 is 5.97 Å². The molecule has 2 unspecified atom stereocenters. The second kappa shape index (κ2) is 8.99. The van der Waals surface area contributed by atoms with Gasteiger partial charge in [-0.1, -0.05) is 18.2 Å². The fourth-order valence-corrected chi connectivity index (χ4v) is 3.18. The van der Waals surface area contributed by atoms with E-state index in [9.17, 15) is 9.59 Å². The van der Waals surface area contributed by atoms with Gasteiger partial charge in [0.25, 0.3) is 0 Å². The first-order valence-corrected chi connectivity index (χ1v) is 9.13. The zero-order chi connectivity index (χ0) is 18.3. The molecule has 1 saturated heterocycles. The third kappa shape index (κ3) is 6.86. The molecule has 1 heterocycles. The van der Waals surface area contributed by atoms with Crippen molar-refractivity contribution in [3.63, 3.8) is 0 Å². The molecule has 138 valence electrons. The van der Waals surface area contributed by atoms with Gasteiger partial charge in [-0.05, 0) is 71.2 Å². The molecule has 1 aromatic rings. The van der Waals surface area contributed by atoms with Crippen LogP contribution in [0.4, 0.5) is 5.69 Å². The molecule has 0 saturated carbocycles. The van der Waals surface area contributed by atoms with Gasteiger partial charge in [-0.3, -0.25) is 9.59 Å². The number of ether oxygens (including phenoxy) is 1. The Morgan fingerprint density at radius 2 is 2.00 bits per heavy atom. The molecule has 1 amide bonds. The van der Waals surface area contributed by atoms with Crippen molar-refractivity contribution in [2.24, 2.45) is 11.8 Å². The third-order valence-electron chi connectivity index (χ3n) is 4.35. The van der Waals surface area contributed by atoms with Crippen molar-refractivity contribution in [2.45, 2.75) is 52.1 Å². The van der Waals surface area contributed by atoms with Gasteiger partial charge in [0.2, 0.25) is 5.91 Å². The Hall–Kier alpha value is -1.88. The maximum Gasteiger partial charge on any atom is 0.309 e. The minimum absolute atomic E-state index is 0.0662. The van der Waals surface area contributed by atoms with E-state index in [2.05, 4.69) is 10.6 Å². The smallest absolute Gasteiger partial charge is 0.309 e. The third-order valence-corrected chi connectivity index (χ3v) is 4.35. The van der Waals surface area contributed by atoms with Gasteiger partial charge in [-0.2, -0.15) is 0 Å². The molecule has 0 bridgehead atoms. The van der Waals surface area contributed by atoms with Crippen LogP contribution >= 0.6 is 0 Å². The molecule has 1 aliphatic rings. The van der Waals surface area contributed by atoms with Gasteiger partial charge in [0.05, 0.1) is 5.92 Å². The lowest BCUT2D eigenvalue weighted by molar-refractivity contribution is -0.162. The Bertz CT molecular complexity index is 560. The summed E-state index contributed by atoms with van der Waals surface area (Å²) in [5.74, 6) is -0.265. The first kappa shape index (κ1) is 19.4. The highest BCUT2D eigenvalue weighted by Gasteiger charge is 2.33. The minimum Gasteiger partial charge on any atom is -0.460 e. The van der Waals surface area contributed by atoms with Gasteiger partial charge in [0, 0.05) is 12.1 Å². The number of carbonyl (C=O) groups excluding carboxylic acids is 2. The van der Waals surface area contributed by atoms with Gasteiger partial charge in [0.15, 0.2) is 0 Å². The van der Waals surface area contributed by atoms with Gasteiger partial charge in [0.1, 0.15) is 5.60 Å². The summed E-state index contributed by atoms with van der Waals surface area (Å²) in [6.07, 6.45) is 2.88. The zero-order valence-corrected chi connectivity index (χ0v) is 15.5. The molecule has 2 rings (SSSR count). The number of piperidine rings is 1. The van der Waals surface area contributed by atoms with Crippen molar-refractivity contribution in [3.8, 4) is 0 Å². The maximum atomic E-state index is 12.6. The average molecular weight is 346 g/mol. The Morgan fingerprint density at radius 3 is 2.60 bits per heavy atom. The number of hydrogen-bond donors (Lipinski definition) is 2. The quantitative estimate of drug-likeness (QED) is 0.775. The number of para-hydroxylation sites is 1. The number of anilines is 1. The number of benzene rings is 1. The van der Waals surface area contributed by atoms with E-state index in [1.807, 2.05) is 51.1 Å². The molecule has 0 aliphatic carbocycles. The molecule has 1 aliphatic heterocycles. The van der Waals surface area contributed by atoms with Crippen LogP contribution in [0.5, 0.6) is 0 Å². The minimum atomic E-state index is -0.510. The van der Waals surface area contributed by atoms with Crippen LogP contribution in [0.1, 0.15) is 46.5 Å². The fraction of sp³-hybridized carbons (Fsp3) is 0.600. The molecule has 2 atom stereocenters. The number of amides is 1. The highest BCUT2D eigenvalue weighted by atomic mass is 16.6. The first-order chi connectivity index (χ1) is 11.8. The molecular formula is C20H30N2O3. The molecule has 0 spiro atoms. The highest BCUT2D eigenvalue weighted by Crippen LogP contribution is 2.27. The topological polar surface area (TPSA) is 67.4 Å². The van der Waals surface area contributed by atoms with E-state index >= 15 is 0 Å². The lowest BCUT2D eigenvalue weighted by Crippen LogP contribution is -2.40. The van der Waals surface area contributed by atoms with Crippen molar-refractivity contribution in [1.82, 2.24) is 5.32 Å². The molecule has 25 heavy (non-hydrogen) atoms. The molecule has 1 aromatic carbocycles. The SMILES string of the molecule is CC(C)(C)OC(=O)C(CCC(=O)Nc1ccccc1)C1CCCNC1. The van der Waals surface area contributed by atoms with Crippen LogP contribution in [-0.2, 0) is 14.3 Å². The van der Waals surface area contributed by atoms with Crippen molar-refractivity contribution >= 4 is 17.6 Å². The van der Waals surface area contributed by atoms with Gasteiger partial charge in [-0.15, -0.1) is 0 Å². The molecular weight excluding hydrogens is 316 g/mol. The van der Waals surface area contributed by atoms with Crippen LogP contribution in [0.15, 0.2) is 30.3 Å². The van der Waals surface area contributed by atoms with Crippen molar-refractivity contribution in [3.05, 3.63) is 30.3 Å². The summed E-state index contributed by atoms with van der Waals surface area (Å²) in [5.41, 5.74) is 0.268. The van der Waals surface area contributed by atoms with Crippen molar-refractivity contribution in [2.75, 3.05) is 18.4 Å². The van der Waals surface area contributed by atoms with E-state index in [1.165, 1.54) is 0 Å². The largest absolute Gasteiger partial charge is 0.460 e. The van der Waals surface area contributed by atoms with Gasteiger partial charge < -0.3 is 15.4 Å². The van der Waals surface area contributed by atoms with Gasteiger partial charge in [-0.25, -0.2) is 0 Å². The highest BCUT2D eigenvalue weighted by molar-refractivity contribution is 5.90. The Balaban J connectivity index is 1.95. The summed E-state index contributed by atoms with van der Waals surface area (Å²) >= 11 is 0. The average Bonchev–Trinajstić information content (AvgIpc) is 2.55. The molecule has 0 radical (unpaired) electrons. The van der Waals surface area contributed by atoms with Crippen molar-refractivity contribution in [1.29, 1.82) is 0 Å². The van der Waals surface area contributed by atoms with Crippen molar-refractivity contribution < 1.29 is 14.3 Å². The number of carbonyl (C=O) groups is 2. The second-order valence-corrected chi connectivity index (χ2v) is 7.70. The first-order valence-electron chi connectivity index (χ1n) is 9.13. The molecule has 1 fully saturated rings. The predicted molar refractivity (Wildman–Crippen MR) is 99.2 cm³/mol. The second-order valence-electron chi connectivity index (χ2n) is 7.70. The molecule has 5 nitrogen and oxygen atoms in total. The predicted octanol–water partition coefficient (Wildman–Crippen LogP) is 3.36. The number of rotatable bonds is 6. The van der Waals surface area contributed by atoms with Crippen LogP contribution in [0.2, 0.25) is 0 Å². The summed E-state index contributed by atoms with van der Waals surface area (Å²) < 4.78 is 5.61. The lowest BCUT2D eigenvalue weighted by atomic mass is 9.83. The Morgan fingerprint density at radius 1 is 1.28 bits per heavy atom. The monoisotopic (exact) mass is 346 g/mol. The van der Waals surface area contributed by atoms with E-state index < -0.39 is 5.60 Å². The number of hydrogen-bond acceptors (Lipinski definition) is 4. The Kier molecular flexibility index (Phi) is 7.00. The van der Waals surface area contributed by atoms with E-state index in [4.69, 9.17) is 4.74 Å². The van der Waals surface area contributed by atoms with E-state index in [-0.39, 0.29) is 23.7 Å². The van der Waals surface area contributed by atoms with Crippen LogP contribution in [0.25, 0.3) is 0 Å². The summed E-state index contributed by atoms with van der Waals surface area (Å²) in [6, 6.07) is 9.38. The van der Waals surface area contributed by atoms with E-state index in [1.54, 1.807) is 0 Å². The lowest BCUT2D eigenvalue weighted by Gasteiger charge is -2.31. The molecule has 5 heteroatoms. The summed E-state index contributed by atoms with van der Waals surface area (Å²) in [6.45, 7) is 7.44. The standard InChI is InChI=1S/C20H30N2O3/c1-20(2,3)25-19(24)17(15-8-7-13-21-14-15)11-12-18(23)22-16-9-5-4-6-10-16/h4-6,9-10,15,17,21H,7-8,11-14H2,1-3H3,(H,22,23). The van der Waals surface area contributed by atoms with E-state index in [0.29, 0.717) is 12.8 Å². The van der Waals surface area contributed by atoms with E-state index in [0.717, 1.165) is 31.6 Å². The normalized spacial score (nSPS) is 19.1. The number of nitrogens with one attached hydrogen (secondary N) is 2. The van der Waals surface area contributed by atoms with Crippen LogP contribution in [0, 0.1) is 11.8 Å². The van der Waals surface area contributed by atoms with Crippen LogP contribution < -0.4 is 10.6 Å². The summed E-state index contributed by atoms with van der Waals surface area (Å²) in [7, 11) is 0. The molecule has 2 N–H and O–H groups in total. The molecule has 0 aromatic heterocycles.